The van der Waals surface area contributed by atoms with E-state index in [1.165, 1.54) is 24.3 Å². The summed E-state index contributed by atoms with van der Waals surface area (Å²) in [6, 6.07) is 9.72. The van der Waals surface area contributed by atoms with Crippen LogP contribution in [0.3, 0.4) is 0 Å². The lowest BCUT2D eigenvalue weighted by Gasteiger charge is -2.29. The van der Waals surface area contributed by atoms with E-state index in [4.69, 9.17) is 0 Å². The summed E-state index contributed by atoms with van der Waals surface area (Å²) in [5.41, 5.74) is 1.47. The molecule has 2 aromatic rings. The molecule has 0 unspecified atom stereocenters. The Balaban J connectivity index is 1.74. The van der Waals surface area contributed by atoms with E-state index in [0.29, 0.717) is 18.7 Å². The van der Waals surface area contributed by atoms with Crippen molar-refractivity contribution in [2.75, 3.05) is 13.1 Å². The van der Waals surface area contributed by atoms with Gasteiger partial charge in [-0.25, -0.2) is 4.39 Å². The van der Waals surface area contributed by atoms with Crippen molar-refractivity contribution in [3.05, 3.63) is 59.7 Å². The fourth-order valence-corrected chi connectivity index (χ4v) is 3.33. The van der Waals surface area contributed by atoms with Gasteiger partial charge in [-0.05, 0) is 55.2 Å². The zero-order valence-electron chi connectivity index (χ0n) is 16.8. The lowest BCUT2D eigenvalue weighted by atomic mass is 10.1. The van der Waals surface area contributed by atoms with Crippen LogP contribution in [0.25, 0.3) is 0 Å². The molecule has 2 amide bonds. The molecule has 1 aromatic heterocycles. The average Bonchev–Trinajstić information content (AvgIpc) is 3.41. The minimum absolute atomic E-state index is 0.0370. The van der Waals surface area contributed by atoms with Gasteiger partial charge in [0, 0.05) is 37.1 Å². The highest BCUT2D eigenvalue weighted by molar-refractivity contribution is 5.96. The quantitative estimate of drug-likeness (QED) is 0.699. The molecule has 6 heteroatoms. The summed E-state index contributed by atoms with van der Waals surface area (Å²) in [7, 11) is 1.97. The third-order valence-electron chi connectivity index (χ3n) is 4.98. The van der Waals surface area contributed by atoms with Crippen molar-refractivity contribution in [1.29, 1.82) is 0 Å². The fraction of sp³-hybridized carbons (Fsp3) is 0.455. The fourth-order valence-electron chi connectivity index (χ4n) is 3.33. The smallest absolute Gasteiger partial charge is 0.254 e. The summed E-state index contributed by atoms with van der Waals surface area (Å²) < 4.78 is 15.2. The molecule has 28 heavy (non-hydrogen) atoms. The van der Waals surface area contributed by atoms with E-state index in [1.807, 2.05) is 48.7 Å². The molecule has 1 aromatic carbocycles. The summed E-state index contributed by atoms with van der Waals surface area (Å²) in [4.78, 5) is 29.5. The second-order valence-electron chi connectivity index (χ2n) is 7.95. The topological polar surface area (TPSA) is 45.6 Å². The largest absolute Gasteiger partial charge is 0.353 e. The molecular formula is C22H28FN3O2. The van der Waals surface area contributed by atoms with E-state index >= 15 is 0 Å². The first-order valence-corrected chi connectivity index (χ1v) is 9.79. The minimum atomic E-state index is -0.384. The molecule has 5 nitrogen and oxygen atoms in total. The second-order valence-corrected chi connectivity index (χ2v) is 7.95. The van der Waals surface area contributed by atoms with Crippen LogP contribution in [-0.4, -0.2) is 45.3 Å². The van der Waals surface area contributed by atoms with E-state index in [9.17, 15) is 14.0 Å². The number of hydrogen-bond donors (Lipinski definition) is 0. The van der Waals surface area contributed by atoms with Crippen molar-refractivity contribution in [3.63, 3.8) is 0 Å². The predicted octanol–water partition coefficient (Wildman–Crippen LogP) is 3.45. The number of carbonyl (C=O) groups is 2. The Morgan fingerprint density at radius 3 is 2.39 bits per heavy atom. The van der Waals surface area contributed by atoms with Crippen LogP contribution in [0.1, 0.15) is 42.7 Å². The monoisotopic (exact) mass is 385 g/mol. The molecule has 0 spiro atoms. The number of benzene rings is 1. The highest BCUT2D eigenvalue weighted by atomic mass is 19.1. The molecule has 0 N–H and O–H groups in total. The Morgan fingerprint density at radius 2 is 1.86 bits per heavy atom. The first-order valence-electron chi connectivity index (χ1n) is 9.79. The summed E-state index contributed by atoms with van der Waals surface area (Å²) in [5.74, 6) is -0.443. The number of amides is 2. The van der Waals surface area contributed by atoms with Gasteiger partial charge in [0.15, 0.2) is 0 Å². The van der Waals surface area contributed by atoms with Crippen LogP contribution in [-0.2, 0) is 18.4 Å². The van der Waals surface area contributed by atoms with E-state index in [2.05, 4.69) is 0 Å². The molecule has 0 radical (unpaired) electrons. The van der Waals surface area contributed by atoms with Gasteiger partial charge in [-0.3, -0.25) is 9.59 Å². The van der Waals surface area contributed by atoms with Gasteiger partial charge in [-0.2, -0.15) is 0 Å². The van der Waals surface area contributed by atoms with Crippen molar-refractivity contribution in [2.45, 2.75) is 39.3 Å². The Morgan fingerprint density at radius 1 is 1.18 bits per heavy atom. The Hall–Kier alpha value is -2.63. The number of aromatic nitrogens is 1. The van der Waals surface area contributed by atoms with Gasteiger partial charge in [0.25, 0.3) is 5.91 Å². The van der Waals surface area contributed by atoms with Crippen molar-refractivity contribution in [3.8, 4) is 0 Å². The molecule has 0 atom stereocenters. The van der Waals surface area contributed by atoms with Gasteiger partial charge < -0.3 is 14.4 Å². The van der Waals surface area contributed by atoms with Crippen molar-refractivity contribution in [1.82, 2.24) is 14.4 Å². The number of halogens is 1. The first kappa shape index (κ1) is 20.1. The molecule has 0 bridgehead atoms. The summed E-state index contributed by atoms with van der Waals surface area (Å²) >= 11 is 0. The molecule has 0 aliphatic heterocycles. The lowest BCUT2D eigenvalue weighted by Crippen LogP contribution is -2.45. The van der Waals surface area contributed by atoms with E-state index in [-0.39, 0.29) is 36.1 Å². The van der Waals surface area contributed by atoms with Gasteiger partial charge in [0.1, 0.15) is 12.4 Å². The molecule has 150 valence electrons. The highest BCUT2D eigenvalue weighted by Gasteiger charge is 2.34. The number of aryl methyl sites for hydroxylation is 1. The van der Waals surface area contributed by atoms with Crippen LogP contribution in [0.15, 0.2) is 42.6 Å². The standard InChI is InChI=1S/C22H28FN3O2/c1-16(2)13-25(22(28)17-6-8-18(23)9-7-17)15-21(27)26(19-10-11-19)14-20-5-4-12-24(20)3/h4-9,12,16,19H,10-11,13-15H2,1-3H3. The SMILES string of the molecule is CC(C)CN(CC(=O)N(Cc1cccn1C)C1CC1)C(=O)c1ccc(F)cc1. The predicted molar refractivity (Wildman–Crippen MR) is 106 cm³/mol. The normalized spacial score (nSPS) is 13.6. The van der Waals surface area contributed by atoms with Gasteiger partial charge in [-0.15, -0.1) is 0 Å². The first-order chi connectivity index (χ1) is 13.3. The zero-order valence-corrected chi connectivity index (χ0v) is 16.8. The molecule has 0 saturated heterocycles. The van der Waals surface area contributed by atoms with Crippen molar-refractivity contribution < 1.29 is 14.0 Å². The van der Waals surface area contributed by atoms with Crippen LogP contribution in [0, 0.1) is 11.7 Å². The Kier molecular flexibility index (Phi) is 6.17. The number of rotatable bonds is 8. The van der Waals surface area contributed by atoms with Gasteiger partial charge in [-0.1, -0.05) is 13.8 Å². The maximum Gasteiger partial charge on any atom is 0.254 e. The highest BCUT2D eigenvalue weighted by Crippen LogP contribution is 2.28. The Labute approximate surface area is 165 Å². The number of nitrogens with zero attached hydrogens (tertiary/aromatic N) is 3. The summed E-state index contributed by atoms with van der Waals surface area (Å²) in [6.45, 7) is 5.09. The molecule has 3 rings (SSSR count). The maximum absolute atomic E-state index is 13.2. The van der Waals surface area contributed by atoms with Crippen LogP contribution in [0.5, 0.6) is 0 Å². The Bertz CT molecular complexity index is 825. The molecule has 1 heterocycles. The number of hydrogen-bond acceptors (Lipinski definition) is 2. The molecule has 1 saturated carbocycles. The minimum Gasteiger partial charge on any atom is -0.353 e. The molecular weight excluding hydrogens is 357 g/mol. The molecule has 1 aliphatic rings. The zero-order chi connectivity index (χ0) is 20.3. The molecule has 1 aliphatic carbocycles. The average molecular weight is 385 g/mol. The summed E-state index contributed by atoms with van der Waals surface area (Å²) in [5, 5.41) is 0. The van der Waals surface area contributed by atoms with E-state index < -0.39 is 0 Å². The maximum atomic E-state index is 13.2. The van der Waals surface area contributed by atoms with Crippen LogP contribution in [0.2, 0.25) is 0 Å². The van der Waals surface area contributed by atoms with Crippen molar-refractivity contribution in [2.24, 2.45) is 13.0 Å². The molecule has 1 fully saturated rings. The van der Waals surface area contributed by atoms with E-state index in [1.54, 1.807) is 4.90 Å². The third kappa shape index (κ3) is 5.00. The van der Waals surface area contributed by atoms with Crippen LogP contribution < -0.4 is 0 Å². The van der Waals surface area contributed by atoms with E-state index in [0.717, 1.165) is 18.5 Å². The second kappa shape index (κ2) is 8.59. The van der Waals surface area contributed by atoms with Crippen molar-refractivity contribution >= 4 is 11.8 Å². The third-order valence-corrected chi connectivity index (χ3v) is 4.98. The van der Waals surface area contributed by atoms with Crippen LogP contribution in [0.4, 0.5) is 4.39 Å². The van der Waals surface area contributed by atoms with Gasteiger partial charge >= 0.3 is 0 Å². The lowest BCUT2D eigenvalue weighted by molar-refractivity contribution is -0.133. The summed E-state index contributed by atoms with van der Waals surface area (Å²) in [6.07, 6.45) is 3.98. The van der Waals surface area contributed by atoms with Crippen LogP contribution >= 0.6 is 0 Å². The number of carbonyl (C=O) groups excluding carboxylic acids is 2. The van der Waals surface area contributed by atoms with Gasteiger partial charge in [0.2, 0.25) is 5.91 Å². The van der Waals surface area contributed by atoms with Gasteiger partial charge in [0.05, 0.1) is 6.54 Å².